The van der Waals surface area contributed by atoms with Crippen LogP contribution in [0, 0.1) is 24.0 Å². The van der Waals surface area contributed by atoms with E-state index >= 15 is 4.39 Å². The molecule has 2 atom stereocenters. The number of aromatic nitrogens is 2. The van der Waals surface area contributed by atoms with Gasteiger partial charge in [-0.05, 0) is 73.9 Å². The molecule has 1 N–H and O–H groups in total. The fourth-order valence-corrected chi connectivity index (χ4v) is 7.17. The van der Waals surface area contributed by atoms with Gasteiger partial charge in [-0.15, -0.1) is 6.42 Å². The molecule has 4 aromatic rings. The topological polar surface area (TPSA) is 61.7 Å². The maximum atomic E-state index is 16.6. The number of terminal acetylenes is 1. The van der Waals surface area contributed by atoms with E-state index in [-0.39, 0.29) is 40.6 Å². The zero-order valence-corrected chi connectivity index (χ0v) is 23.2. The Bertz CT molecular complexity index is 1750. The zero-order chi connectivity index (χ0) is 29.0. The van der Waals surface area contributed by atoms with Crippen LogP contribution in [-0.2, 0) is 0 Å². The van der Waals surface area contributed by atoms with Gasteiger partial charge in [-0.3, -0.25) is 4.90 Å². The maximum absolute atomic E-state index is 16.6. The highest BCUT2D eigenvalue weighted by Crippen LogP contribution is 2.42. The van der Waals surface area contributed by atoms with E-state index in [1.165, 1.54) is 24.3 Å². The molecule has 0 radical (unpaired) electrons. The zero-order valence-electron chi connectivity index (χ0n) is 23.2. The molecule has 1 aromatic heterocycles. The molecule has 0 aliphatic carbocycles. The second-order valence-electron chi connectivity index (χ2n) is 11.7. The van der Waals surface area contributed by atoms with Gasteiger partial charge in [-0.1, -0.05) is 18.1 Å². The van der Waals surface area contributed by atoms with E-state index in [0.29, 0.717) is 34.9 Å². The number of anilines is 1. The van der Waals surface area contributed by atoms with Crippen LogP contribution in [0.5, 0.6) is 11.8 Å². The van der Waals surface area contributed by atoms with Crippen molar-refractivity contribution < 1.29 is 23.0 Å². The third kappa shape index (κ3) is 4.40. The summed E-state index contributed by atoms with van der Waals surface area (Å²) >= 11 is 0. The Morgan fingerprint density at radius 2 is 1.86 bits per heavy atom. The van der Waals surface area contributed by atoms with Crippen LogP contribution >= 0.6 is 0 Å². The Labute approximate surface area is 242 Å². The molecule has 0 saturated carbocycles. The number of fused-ring (bicyclic) bond motifs is 3. The number of phenols is 1. The molecule has 9 heteroatoms. The average Bonchev–Trinajstić information content (AvgIpc) is 3.52. The first-order chi connectivity index (χ1) is 20.4. The molecule has 0 spiro atoms. The van der Waals surface area contributed by atoms with Crippen molar-refractivity contribution in [2.24, 2.45) is 0 Å². The van der Waals surface area contributed by atoms with E-state index in [2.05, 4.69) is 20.7 Å². The number of benzene rings is 3. The van der Waals surface area contributed by atoms with E-state index in [4.69, 9.17) is 16.1 Å². The fourth-order valence-electron chi connectivity index (χ4n) is 7.17. The van der Waals surface area contributed by atoms with Gasteiger partial charge in [0.15, 0.2) is 5.82 Å². The first kappa shape index (κ1) is 26.8. The number of hydrogen-bond acceptors (Lipinski definition) is 6. The first-order valence-corrected chi connectivity index (χ1v) is 14.6. The summed E-state index contributed by atoms with van der Waals surface area (Å²) in [5.41, 5.74) is 0.0310. The molecule has 3 saturated heterocycles. The lowest BCUT2D eigenvalue weighted by molar-refractivity contribution is 0.107. The van der Waals surface area contributed by atoms with Crippen molar-refractivity contribution in [1.82, 2.24) is 14.9 Å². The quantitative estimate of drug-likeness (QED) is 0.281. The SMILES string of the molecule is C#Cc1c(F)ccc2cc(O)cc(-c3ccc4c(N5CCCCC5)nc(OCC56CCCN5CC(F)C6)nc4c3F)c12. The van der Waals surface area contributed by atoms with E-state index in [9.17, 15) is 13.9 Å². The molecule has 0 amide bonds. The standard InChI is InChI=1S/C33H31F3N4O2/c1-2-23-27(35)10-7-20-15-22(41)16-26(28(20)23)24-8-9-25-30(29(24)36)37-32(38-31(25)39-12-4-3-5-13-39)42-19-33-11-6-14-40(33)18-21(34)17-33/h1,7-10,15-16,21,41H,3-6,11-14,17-19H2. The largest absolute Gasteiger partial charge is 0.508 e. The van der Waals surface area contributed by atoms with Crippen LogP contribution in [0.25, 0.3) is 32.8 Å². The van der Waals surface area contributed by atoms with Crippen molar-refractivity contribution in [1.29, 1.82) is 0 Å². The second kappa shape index (κ2) is 10.4. The molecule has 3 aliphatic rings. The highest BCUT2D eigenvalue weighted by Gasteiger charge is 2.49. The summed E-state index contributed by atoms with van der Waals surface area (Å²) < 4.78 is 51.9. The molecule has 216 valence electrons. The molecule has 4 heterocycles. The number of piperidine rings is 1. The Morgan fingerprint density at radius 1 is 1.02 bits per heavy atom. The monoisotopic (exact) mass is 572 g/mol. The molecular formula is C33H31F3N4O2. The predicted molar refractivity (Wildman–Crippen MR) is 157 cm³/mol. The van der Waals surface area contributed by atoms with Gasteiger partial charge in [0, 0.05) is 42.4 Å². The van der Waals surface area contributed by atoms with Crippen molar-refractivity contribution >= 4 is 27.5 Å². The molecule has 6 nitrogen and oxygen atoms in total. The van der Waals surface area contributed by atoms with Crippen LogP contribution < -0.4 is 9.64 Å². The van der Waals surface area contributed by atoms with Gasteiger partial charge < -0.3 is 14.7 Å². The Balaban J connectivity index is 1.38. The molecule has 7 rings (SSSR count). The highest BCUT2D eigenvalue weighted by molar-refractivity contribution is 6.04. The highest BCUT2D eigenvalue weighted by atomic mass is 19.1. The van der Waals surface area contributed by atoms with E-state index in [0.717, 1.165) is 51.7 Å². The lowest BCUT2D eigenvalue weighted by atomic mass is 9.93. The molecule has 42 heavy (non-hydrogen) atoms. The summed E-state index contributed by atoms with van der Waals surface area (Å²) in [5, 5.41) is 11.8. The summed E-state index contributed by atoms with van der Waals surface area (Å²) in [6.07, 6.45) is 10.1. The van der Waals surface area contributed by atoms with Crippen LogP contribution in [0.15, 0.2) is 36.4 Å². The predicted octanol–water partition coefficient (Wildman–Crippen LogP) is 6.36. The number of hydrogen-bond donors (Lipinski definition) is 1. The van der Waals surface area contributed by atoms with Crippen molar-refractivity contribution in [3.63, 3.8) is 0 Å². The minimum Gasteiger partial charge on any atom is -0.508 e. The Hall–Kier alpha value is -4.03. The van der Waals surface area contributed by atoms with Crippen molar-refractivity contribution in [3.8, 4) is 35.2 Å². The molecule has 3 aliphatic heterocycles. The van der Waals surface area contributed by atoms with Crippen LogP contribution in [-0.4, -0.2) is 64.5 Å². The smallest absolute Gasteiger partial charge is 0.319 e. The van der Waals surface area contributed by atoms with Crippen LogP contribution in [0.1, 0.15) is 44.1 Å². The van der Waals surface area contributed by atoms with Gasteiger partial charge in [0.1, 0.15) is 35.7 Å². The van der Waals surface area contributed by atoms with Crippen LogP contribution in [0.3, 0.4) is 0 Å². The number of nitrogens with zero attached hydrogens (tertiary/aromatic N) is 4. The van der Waals surface area contributed by atoms with Crippen LogP contribution in [0.4, 0.5) is 19.0 Å². The van der Waals surface area contributed by atoms with Gasteiger partial charge in [0.05, 0.1) is 11.1 Å². The second-order valence-corrected chi connectivity index (χ2v) is 11.7. The third-order valence-electron chi connectivity index (χ3n) is 9.14. The van der Waals surface area contributed by atoms with Gasteiger partial charge in [0.25, 0.3) is 0 Å². The normalized spacial score (nSPS) is 22.5. The summed E-state index contributed by atoms with van der Waals surface area (Å²) in [5.74, 6) is 1.62. The average molecular weight is 573 g/mol. The van der Waals surface area contributed by atoms with Crippen LogP contribution in [0.2, 0.25) is 0 Å². The van der Waals surface area contributed by atoms with Crippen molar-refractivity contribution in [3.05, 3.63) is 53.6 Å². The number of halogens is 3. The Kier molecular flexibility index (Phi) is 6.62. The number of ether oxygens (including phenoxy) is 1. The number of rotatable bonds is 5. The number of phenolic OH excluding ortho intramolecular Hbond substituents is 1. The van der Waals surface area contributed by atoms with Crippen molar-refractivity contribution in [2.45, 2.75) is 50.2 Å². The molecule has 3 aromatic carbocycles. The minimum atomic E-state index is -0.898. The molecular weight excluding hydrogens is 541 g/mol. The summed E-state index contributed by atoms with van der Waals surface area (Å²) in [6.45, 7) is 3.01. The van der Waals surface area contributed by atoms with E-state index in [1.54, 1.807) is 12.1 Å². The third-order valence-corrected chi connectivity index (χ3v) is 9.14. The van der Waals surface area contributed by atoms with E-state index < -0.39 is 23.3 Å². The number of aromatic hydroxyl groups is 1. The van der Waals surface area contributed by atoms with Gasteiger partial charge in [-0.25, -0.2) is 13.2 Å². The first-order valence-electron chi connectivity index (χ1n) is 14.6. The van der Waals surface area contributed by atoms with Crippen molar-refractivity contribution in [2.75, 3.05) is 37.7 Å². The summed E-state index contributed by atoms with van der Waals surface area (Å²) in [7, 11) is 0. The van der Waals surface area contributed by atoms with E-state index in [1.807, 2.05) is 0 Å². The Morgan fingerprint density at radius 3 is 2.67 bits per heavy atom. The number of alkyl halides is 1. The lowest BCUT2D eigenvalue weighted by Crippen LogP contribution is -2.43. The van der Waals surface area contributed by atoms with Gasteiger partial charge >= 0.3 is 6.01 Å². The fraction of sp³-hybridized carbons (Fsp3) is 0.394. The summed E-state index contributed by atoms with van der Waals surface area (Å²) in [6, 6.07) is 9.00. The van der Waals surface area contributed by atoms with Gasteiger partial charge in [0.2, 0.25) is 0 Å². The molecule has 3 fully saturated rings. The maximum Gasteiger partial charge on any atom is 0.319 e. The summed E-state index contributed by atoms with van der Waals surface area (Å²) in [4.78, 5) is 13.6. The molecule has 0 bridgehead atoms. The molecule has 2 unspecified atom stereocenters. The van der Waals surface area contributed by atoms with Gasteiger partial charge in [-0.2, -0.15) is 9.97 Å². The lowest BCUT2D eigenvalue weighted by Gasteiger charge is -2.31. The minimum absolute atomic E-state index is 0.00850.